The number of hydrogen-bond donors (Lipinski definition) is 1. The van der Waals surface area contributed by atoms with Crippen LogP contribution in [0.3, 0.4) is 0 Å². The quantitative estimate of drug-likeness (QED) is 0.778. The number of likely N-dealkylation sites (tertiary alicyclic amines) is 3. The van der Waals surface area contributed by atoms with Gasteiger partial charge in [-0.15, -0.1) is 0 Å². The number of nitrogens with two attached hydrogens (primary N) is 1. The number of carbonyl (C=O) groups excluding carboxylic acids is 2. The van der Waals surface area contributed by atoms with Crippen molar-refractivity contribution >= 4 is 11.8 Å². The van der Waals surface area contributed by atoms with Crippen LogP contribution >= 0.6 is 0 Å². The summed E-state index contributed by atoms with van der Waals surface area (Å²) in [5.74, 6) is 0.168. The number of amides is 2. The van der Waals surface area contributed by atoms with Crippen LogP contribution in [0.1, 0.15) is 42.9 Å². The summed E-state index contributed by atoms with van der Waals surface area (Å²) in [5, 5.41) is 9.36. The second-order valence-corrected chi connectivity index (χ2v) is 9.80. The molecule has 1 saturated carbocycles. The summed E-state index contributed by atoms with van der Waals surface area (Å²) < 4.78 is 13.6. The lowest BCUT2D eigenvalue weighted by Gasteiger charge is -2.38. The zero-order chi connectivity index (χ0) is 21.4. The van der Waals surface area contributed by atoms with Gasteiger partial charge in [0.25, 0.3) is 0 Å². The van der Waals surface area contributed by atoms with E-state index in [2.05, 4.69) is 11.0 Å². The van der Waals surface area contributed by atoms with Gasteiger partial charge in [0, 0.05) is 25.2 Å². The van der Waals surface area contributed by atoms with E-state index in [1.807, 2.05) is 11.0 Å². The van der Waals surface area contributed by atoms with Crippen molar-refractivity contribution in [2.24, 2.45) is 11.7 Å². The molecule has 1 unspecified atom stereocenters. The van der Waals surface area contributed by atoms with Gasteiger partial charge in [-0.3, -0.25) is 14.5 Å². The van der Waals surface area contributed by atoms with Gasteiger partial charge in [-0.1, -0.05) is 6.07 Å². The number of carbonyl (C=O) groups is 2. The van der Waals surface area contributed by atoms with E-state index >= 15 is 0 Å². The van der Waals surface area contributed by atoms with Gasteiger partial charge in [-0.2, -0.15) is 5.26 Å². The minimum atomic E-state index is -0.717. The van der Waals surface area contributed by atoms with Crippen LogP contribution in [0.4, 0.5) is 4.39 Å². The Morgan fingerprint density at radius 2 is 2.13 bits per heavy atom. The summed E-state index contributed by atoms with van der Waals surface area (Å²) in [6.07, 6.45) is 4.11. The van der Waals surface area contributed by atoms with Crippen LogP contribution < -0.4 is 5.73 Å². The van der Waals surface area contributed by atoms with Crippen LogP contribution in [0.5, 0.6) is 0 Å². The van der Waals surface area contributed by atoms with Gasteiger partial charge in [0.15, 0.2) is 0 Å². The van der Waals surface area contributed by atoms with E-state index in [0.717, 1.165) is 43.2 Å². The van der Waals surface area contributed by atoms with E-state index in [1.54, 1.807) is 11.0 Å². The third-order valence-electron chi connectivity index (χ3n) is 8.06. The minimum Gasteiger partial charge on any atom is -0.330 e. The summed E-state index contributed by atoms with van der Waals surface area (Å²) in [4.78, 5) is 31.9. The van der Waals surface area contributed by atoms with Crippen molar-refractivity contribution in [1.29, 1.82) is 5.26 Å². The summed E-state index contributed by atoms with van der Waals surface area (Å²) in [6, 6.07) is 6.11. The van der Waals surface area contributed by atoms with Gasteiger partial charge < -0.3 is 15.5 Å². The van der Waals surface area contributed by atoms with Crippen molar-refractivity contribution in [2.75, 3.05) is 13.1 Å². The Morgan fingerprint density at radius 3 is 2.90 bits per heavy atom. The van der Waals surface area contributed by atoms with Crippen molar-refractivity contribution in [3.05, 3.63) is 35.1 Å². The molecule has 8 heteroatoms. The molecule has 31 heavy (non-hydrogen) atoms. The largest absolute Gasteiger partial charge is 0.330 e. The fourth-order valence-corrected chi connectivity index (χ4v) is 6.56. The average Bonchev–Trinajstić information content (AvgIpc) is 3.08. The molecule has 3 saturated heterocycles. The summed E-state index contributed by atoms with van der Waals surface area (Å²) in [6.45, 7) is 1.05. The second kappa shape index (κ2) is 6.75. The molecule has 0 aromatic heterocycles. The van der Waals surface area contributed by atoms with E-state index in [0.29, 0.717) is 19.0 Å². The number of piperidine rings is 1. The van der Waals surface area contributed by atoms with Gasteiger partial charge in [0.05, 0.1) is 24.2 Å². The molecular formula is C23H26FN5O2. The van der Waals surface area contributed by atoms with Gasteiger partial charge in [-0.05, 0) is 61.3 Å². The molecule has 6 rings (SSSR count). The molecule has 0 radical (unpaired) electrons. The molecule has 3 heterocycles. The molecule has 2 N–H and O–H groups in total. The number of piperazine rings is 1. The molecule has 2 aliphatic carbocycles. The molecular weight excluding hydrogens is 397 g/mol. The highest BCUT2D eigenvalue weighted by Crippen LogP contribution is 2.48. The summed E-state index contributed by atoms with van der Waals surface area (Å²) in [7, 11) is 0. The predicted octanol–water partition coefficient (Wildman–Crippen LogP) is 0.938. The van der Waals surface area contributed by atoms with Crippen LogP contribution in [0.2, 0.25) is 0 Å². The van der Waals surface area contributed by atoms with E-state index in [-0.39, 0.29) is 47.8 Å². The molecule has 3 aliphatic heterocycles. The molecule has 1 aromatic carbocycles. The van der Waals surface area contributed by atoms with E-state index in [4.69, 9.17) is 5.73 Å². The number of halogens is 1. The molecule has 162 valence electrons. The molecule has 1 aromatic rings. The molecule has 7 nitrogen and oxygen atoms in total. The van der Waals surface area contributed by atoms with E-state index in [1.165, 1.54) is 6.07 Å². The Labute approximate surface area is 180 Å². The standard InChI is InChI=1S/C23H26FN5O2/c24-14-2-3-17-12(5-14)1-4-19(17)29-16-8-21(23(29)31)27(10-16)11-18(26)22(30)28-15(9-25)6-13-7-20(13)28/h2-3,5,13,15-16,18-21H,1,4,6-8,10-11,26H2/t13?,15-,16+,18-,19-,20-,21+/m0/s1. The van der Waals surface area contributed by atoms with Crippen molar-refractivity contribution in [3.63, 3.8) is 0 Å². The fraction of sp³-hybridized carbons (Fsp3) is 0.609. The highest BCUT2D eigenvalue weighted by atomic mass is 19.1. The third-order valence-corrected chi connectivity index (χ3v) is 8.06. The second-order valence-electron chi connectivity index (χ2n) is 9.80. The molecule has 4 fully saturated rings. The van der Waals surface area contributed by atoms with Gasteiger partial charge in [-0.25, -0.2) is 4.39 Å². The lowest BCUT2D eigenvalue weighted by atomic mass is 10.1. The highest BCUT2D eigenvalue weighted by molar-refractivity contribution is 5.87. The Morgan fingerprint density at radius 1 is 1.29 bits per heavy atom. The first-order chi connectivity index (χ1) is 15.0. The Balaban J connectivity index is 1.13. The molecule has 0 spiro atoms. The monoisotopic (exact) mass is 423 g/mol. The normalized spacial score (nSPS) is 36.5. The van der Waals surface area contributed by atoms with Crippen LogP contribution in [0.15, 0.2) is 18.2 Å². The third kappa shape index (κ3) is 2.83. The van der Waals surface area contributed by atoms with Gasteiger partial charge in [0.2, 0.25) is 11.8 Å². The first-order valence-corrected chi connectivity index (χ1v) is 11.3. The van der Waals surface area contributed by atoms with Crippen LogP contribution in [0, 0.1) is 23.1 Å². The van der Waals surface area contributed by atoms with Crippen LogP contribution in [-0.4, -0.2) is 69.8 Å². The first kappa shape index (κ1) is 19.2. The van der Waals surface area contributed by atoms with E-state index < -0.39 is 6.04 Å². The molecule has 7 atom stereocenters. The Bertz CT molecular complexity index is 1010. The number of rotatable bonds is 4. The number of hydrogen-bond acceptors (Lipinski definition) is 5. The van der Waals surface area contributed by atoms with Gasteiger partial charge in [0.1, 0.15) is 11.9 Å². The van der Waals surface area contributed by atoms with Crippen LogP contribution in [-0.2, 0) is 16.0 Å². The lowest BCUT2D eigenvalue weighted by Crippen LogP contribution is -2.57. The number of nitriles is 1. The zero-order valence-corrected chi connectivity index (χ0v) is 17.3. The minimum absolute atomic E-state index is 0.0170. The molecule has 5 aliphatic rings. The highest BCUT2D eigenvalue weighted by Gasteiger charge is 2.56. The van der Waals surface area contributed by atoms with Gasteiger partial charge >= 0.3 is 0 Å². The topological polar surface area (TPSA) is 93.7 Å². The number of aryl methyl sites for hydroxylation is 1. The maximum atomic E-state index is 13.6. The fourth-order valence-electron chi connectivity index (χ4n) is 6.56. The lowest BCUT2D eigenvalue weighted by molar-refractivity contribution is -0.141. The zero-order valence-electron chi connectivity index (χ0n) is 17.3. The maximum absolute atomic E-state index is 13.6. The van der Waals surface area contributed by atoms with Crippen molar-refractivity contribution in [2.45, 2.75) is 68.4 Å². The van der Waals surface area contributed by atoms with Crippen molar-refractivity contribution in [1.82, 2.24) is 14.7 Å². The predicted molar refractivity (Wildman–Crippen MR) is 109 cm³/mol. The molecule has 2 bridgehead atoms. The van der Waals surface area contributed by atoms with Crippen molar-refractivity contribution < 1.29 is 14.0 Å². The Hall–Kier alpha value is -2.50. The summed E-state index contributed by atoms with van der Waals surface area (Å²) >= 11 is 0. The smallest absolute Gasteiger partial charge is 0.242 e. The SMILES string of the molecule is N#C[C@@H]1CC2C[C@@H]2N1C(=O)[C@@H](N)CN1C[C@H]2C[C@@H]1C(=O)N2[C@H]1CCc2cc(F)ccc21. The number of benzene rings is 1. The number of fused-ring (bicyclic) bond motifs is 4. The maximum Gasteiger partial charge on any atom is 0.242 e. The van der Waals surface area contributed by atoms with Crippen molar-refractivity contribution in [3.8, 4) is 6.07 Å². The number of nitrogens with zero attached hydrogens (tertiary/aromatic N) is 4. The summed E-state index contributed by atoms with van der Waals surface area (Å²) in [5.41, 5.74) is 8.35. The average molecular weight is 423 g/mol. The Kier molecular flexibility index (Phi) is 4.18. The molecule has 2 amide bonds. The van der Waals surface area contributed by atoms with Crippen LogP contribution in [0.25, 0.3) is 0 Å². The first-order valence-electron chi connectivity index (χ1n) is 11.3. The van der Waals surface area contributed by atoms with E-state index in [9.17, 15) is 19.2 Å².